The second-order valence-corrected chi connectivity index (χ2v) is 5.10. The van der Waals surface area contributed by atoms with Crippen LogP contribution in [0.15, 0.2) is 16.9 Å². The van der Waals surface area contributed by atoms with E-state index in [1.165, 1.54) is 6.20 Å². The molecule has 0 spiro atoms. The molecular weight excluding hydrogens is 316 g/mol. The molecular formula is C12H13BrN2O4. The third-order valence-corrected chi connectivity index (χ3v) is 3.70. The number of aromatic nitrogens is 1. The van der Waals surface area contributed by atoms with Crippen molar-refractivity contribution < 1.29 is 19.4 Å². The van der Waals surface area contributed by atoms with Crippen LogP contribution in [0, 0.1) is 6.92 Å². The molecule has 0 saturated carbocycles. The molecule has 2 rings (SSSR count). The maximum Gasteiger partial charge on any atom is 0.332 e. The lowest BCUT2D eigenvalue weighted by molar-refractivity contribution is -0.150. The second kappa shape index (κ2) is 5.66. The minimum Gasteiger partial charge on any atom is -0.479 e. The summed E-state index contributed by atoms with van der Waals surface area (Å²) in [5.41, 5.74) is 1.46. The fourth-order valence-electron chi connectivity index (χ4n) is 1.86. The largest absolute Gasteiger partial charge is 0.479 e. The Morgan fingerprint density at radius 1 is 1.47 bits per heavy atom. The van der Waals surface area contributed by atoms with E-state index < -0.39 is 18.2 Å². The fraction of sp³-hybridized carbons (Fsp3) is 0.417. The fourth-order valence-corrected chi connectivity index (χ4v) is 2.08. The van der Waals surface area contributed by atoms with E-state index in [9.17, 15) is 9.59 Å². The lowest BCUT2D eigenvalue weighted by Crippen LogP contribution is -2.30. The van der Waals surface area contributed by atoms with E-state index in [-0.39, 0.29) is 5.91 Å². The number of aliphatic carboxylic acids is 1. The summed E-state index contributed by atoms with van der Waals surface area (Å²) >= 11 is 3.27. The molecule has 19 heavy (non-hydrogen) atoms. The van der Waals surface area contributed by atoms with Gasteiger partial charge >= 0.3 is 5.97 Å². The zero-order chi connectivity index (χ0) is 14.0. The van der Waals surface area contributed by atoms with E-state index in [0.29, 0.717) is 23.1 Å². The van der Waals surface area contributed by atoms with Gasteiger partial charge in [0.1, 0.15) is 10.7 Å². The smallest absolute Gasteiger partial charge is 0.332 e. The minimum atomic E-state index is -1.03. The molecule has 2 heterocycles. The first-order chi connectivity index (χ1) is 8.97. The van der Waals surface area contributed by atoms with Gasteiger partial charge in [0.2, 0.25) is 0 Å². The molecule has 1 amide bonds. The molecule has 1 aliphatic heterocycles. The summed E-state index contributed by atoms with van der Waals surface area (Å²) in [7, 11) is 0. The van der Waals surface area contributed by atoms with Gasteiger partial charge in [-0.3, -0.25) is 4.79 Å². The molecule has 0 aliphatic carbocycles. The maximum atomic E-state index is 11.9. The third kappa shape index (κ3) is 3.30. The van der Waals surface area contributed by atoms with Crippen molar-refractivity contribution in [3.05, 3.63) is 22.4 Å². The minimum absolute atomic E-state index is 0.340. The number of nitrogens with zero attached hydrogens (tertiary/aromatic N) is 1. The van der Waals surface area contributed by atoms with Crippen LogP contribution in [0.5, 0.6) is 0 Å². The van der Waals surface area contributed by atoms with E-state index in [2.05, 4.69) is 26.2 Å². The van der Waals surface area contributed by atoms with E-state index in [0.717, 1.165) is 5.56 Å². The highest BCUT2D eigenvalue weighted by molar-refractivity contribution is 9.10. The Morgan fingerprint density at radius 2 is 2.16 bits per heavy atom. The topological polar surface area (TPSA) is 88.5 Å². The molecule has 1 aliphatic rings. The first-order valence-corrected chi connectivity index (χ1v) is 6.58. The quantitative estimate of drug-likeness (QED) is 0.825. The number of pyridine rings is 1. The number of ether oxygens (including phenoxy) is 1. The Labute approximate surface area is 118 Å². The van der Waals surface area contributed by atoms with E-state index in [4.69, 9.17) is 9.84 Å². The zero-order valence-electron chi connectivity index (χ0n) is 10.2. The number of amides is 1. The monoisotopic (exact) mass is 328 g/mol. The molecule has 1 saturated heterocycles. The number of carbonyl (C=O) groups excluding carboxylic acids is 1. The number of aryl methyl sites for hydroxylation is 1. The van der Waals surface area contributed by atoms with E-state index >= 15 is 0 Å². The van der Waals surface area contributed by atoms with Crippen LogP contribution in [0.1, 0.15) is 18.4 Å². The van der Waals surface area contributed by atoms with Gasteiger partial charge in [0.05, 0.1) is 11.9 Å². The van der Waals surface area contributed by atoms with Crippen molar-refractivity contribution >= 4 is 33.5 Å². The number of hydrogen-bond donors (Lipinski definition) is 2. The average molecular weight is 329 g/mol. The second-order valence-electron chi connectivity index (χ2n) is 4.35. The van der Waals surface area contributed by atoms with Crippen molar-refractivity contribution in [3.8, 4) is 0 Å². The van der Waals surface area contributed by atoms with Gasteiger partial charge in [0.15, 0.2) is 6.10 Å². The Hall–Kier alpha value is -1.47. The molecule has 0 radical (unpaired) electrons. The van der Waals surface area contributed by atoms with Crippen LogP contribution in [-0.4, -0.2) is 34.2 Å². The van der Waals surface area contributed by atoms with Gasteiger partial charge < -0.3 is 15.2 Å². The van der Waals surface area contributed by atoms with Gasteiger partial charge in [0, 0.05) is 0 Å². The highest BCUT2D eigenvalue weighted by Crippen LogP contribution is 2.22. The lowest BCUT2D eigenvalue weighted by atomic mass is 10.2. The summed E-state index contributed by atoms with van der Waals surface area (Å²) in [6.45, 7) is 1.86. The summed E-state index contributed by atoms with van der Waals surface area (Å²) in [6, 6.07) is 1.78. The van der Waals surface area contributed by atoms with Crippen LogP contribution in [0.3, 0.4) is 0 Å². The molecule has 7 heteroatoms. The van der Waals surface area contributed by atoms with Crippen molar-refractivity contribution in [1.82, 2.24) is 4.98 Å². The van der Waals surface area contributed by atoms with Crippen LogP contribution >= 0.6 is 15.9 Å². The number of carbonyl (C=O) groups is 2. The van der Waals surface area contributed by atoms with Crippen molar-refractivity contribution in [2.24, 2.45) is 0 Å². The SMILES string of the molecule is Cc1cc(NC(=O)[C@@H]2CC[C@H](C(=O)O)O2)cnc1Br. The summed E-state index contributed by atoms with van der Waals surface area (Å²) < 4.78 is 5.89. The molecule has 6 nitrogen and oxygen atoms in total. The summed E-state index contributed by atoms with van der Waals surface area (Å²) in [4.78, 5) is 26.7. The third-order valence-electron chi connectivity index (χ3n) is 2.87. The number of rotatable bonds is 3. The van der Waals surface area contributed by atoms with Gasteiger partial charge in [-0.1, -0.05) is 0 Å². The predicted molar refractivity (Wildman–Crippen MR) is 70.8 cm³/mol. The molecule has 1 fully saturated rings. The molecule has 1 aromatic heterocycles. The Morgan fingerprint density at radius 3 is 2.74 bits per heavy atom. The number of halogens is 1. The number of hydrogen-bond acceptors (Lipinski definition) is 4. The standard InChI is InChI=1S/C12H13BrN2O4/c1-6-4-7(5-14-10(6)13)15-11(16)8-2-3-9(19-8)12(17)18/h4-5,8-9H,2-3H2,1H3,(H,15,16)(H,17,18)/t8-,9+/m0/s1. The van der Waals surface area contributed by atoms with Crippen molar-refractivity contribution in [1.29, 1.82) is 0 Å². The van der Waals surface area contributed by atoms with Gasteiger partial charge in [-0.15, -0.1) is 0 Å². The normalized spacial score (nSPS) is 22.2. The molecule has 2 atom stereocenters. The molecule has 2 N–H and O–H groups in total. The highest BCUT2D eigenvalue weighted by atomic mass is 79.9. The van der Waals surface area contributed by atoms with Gasteiger partial charge in [0.25, 0.3) is 5.91 Å². The van der Waals surface area contributed by atoms with Gasteiger partial charge in [-0.05, 0) is 47.3 Å². The average Bonchev–Trinajstić information content (AvgIpc) is 2.83. The van der Waals surface area contributed by atoms with Crippen LogP contribution in [0.25, 0.3) is 0 Å². The number of anilines is 1. The number of carboxylic acids is 1. The molecule has 102 valence electrons. The van der Waals surface area contributed by atoms with Gasteiger partial charge in [-0.25, -0.2) is 9.78 Å². The van der Waals surface area contributed by atoms with Crippen molar-refractivity contribution in [2.45, 2.75) is 32.0 Å². The summed E-state index contributed by atoms with van der Waals surface area (Å²) in [5.74, 6) is -1.37. The Balaban J connectivity index is 1.98. The van der Waals surface area contributed by atoms with Crippen LogP contribution in [0.4, 0.5) is 5.69 Å². The highest BCUT2D eigenvalue weighted by Gasteiger charge is 2.34. The first-order valence-electron chi connectivity index (χ1n) is 5.78. The zero-order valence-corrected chi connectivity index (χ0v) is 11.8. The Bertz CT molecular complexity index is 520. The van der Waals surface area contributed by atoms with E-state index in [1.807, 2.05) is 6.92 Å². The van der Waals surface area contributed by atoms with Crippen molar-refractivity contribution in [2.75, 3.05) is 5.32 Å². The number of nitrogens with one attached hydrogen (secondary N) is 1. The van der Waals surface area contributed by atoms with Crippen LogP contribution < -0.4 is 5.32 Å². The first kappa shape index (κ1) is 14.0. The Kier molecular flexibility index (Phi) is 4.16. The molecule has 0 aromatic carbocycles. The molecule has 1 aromatic rings. The summed E-state index contributed by atoms with van der Waals surface area (Å²) in [6.07, 6.45) is 0.681. The van der Waals surface area contributed by atoms with Crippen molar-refractivity contribution in [3.63, 3.8) is 0 Å². The summed E-state index contributed by atoms with van der Waals surface area (Å²) in [5, 5.41) is 11.5. The molecule has 0 unspecified atom stereocenters. The predicted octanol–water partition coefficient (Wildman–Crippen LogP) is 1.72. The molecule has 0 bridgehead atoms. The van der Waals surface area contributed by atoms with E-state index in [1.54, 1.807) is 6.07 Å². The number of carboxylic acid groups (broad SMARTS) is 1. The van der Waals surface area contributed by atoms with Gasteiger partial charge in [-0.2, -0.15) is 0 Å². The van der Waals surface area contributed by atoms with Crippen LogP contribution in [0.2, 0.25) is 0 Å². The van der Waals surface area contributed by atoms with Crippen LogP contribution in [-0.2, 0) is 14.3 Å². The maximum absolute atomic E-state index is 11.9. The lowest BCUT2D eigenvalue weighted by Gasteiger charge is -2.12.